The molecule has 0 aliphatic heterocycles. The number of aliphatic hydroxyl groups is 1. The van der Waals surface area contributed by atoms with E-state index in [1.807, 2.05) is 0 Å². The minimum absolute atomic E-state index is 0.0460. The van der Waals surface area contributed by atoms with Gasteiger partial charge in [-0.1, -0.05) is 65.2 Å². The van der Waals surface area contributed by atoms with Crippen LogP contribution >= 0.6 is 0 Å². The van der Waals surface area contributed by atoms with Gasteiger partial charge in [-0.25, -0.2) is 0 Å². The zero-order valence-electron chi connectivity index (χ0n) is 15.1. The Morgan fingerprint density at radius 1 is 0.864 bits per heavy atom. The van der Waals surface area contributed by atoms with Gasteiger partial charge in [-0.15, -0.1) is 0 Å². The smallest absolute Gasteiger partial charge is 0.0570 e. The summed E-state index contributed by atoms with van der Waals surface area (Å²) in [6, 6.07) is 1.27. The second-order valence-electron chi connectivity index (χ2n) is 7.13. The van der Waals surface area contributed by atoms with Crippen molar-refractivity contribution in [1.29, 1.82) is 0 Å². The fraction of sp³-hybridized carbons (Fsp3) is 1.00. The van der Waals surface area contributed by atoms with E-state index in [0.717, 1.165) is 25.9 Å². The third-order valence-electron chi connectivity index (χ3n) is 4.92. The van der Waals surface area contributed by atoms with E-state index in [1.165, 1.54) is 64.2 Å². The summed E-state index contributed by atoms with van der Waals surface area (Å²) in [7, 11) is 0. The highest BCUT2D eigenvalue weighted by Crippen LogP contribution is 2.18. The minimum atomic E-state index is -0.0460. The van der Waals surface area contributed by atoms with Gasteiger partial charge in [0.15, 0.2) is 0 Å². The topological polar surface area (TPSA) is 44.3 Å². The predicted molar refractivity (Wildman–Crippen MR) is 96.3 cm³/mol. The third-order valence-corrected chi connectivity index (χ3v) is 4.92. The Balaban J connectivity index is 2.05. The number of aliphatic hydroxyl groups excluding tert-OH is 1. The van der Waals surface area contributed by atoms with Crippen molar-refractivity contribution >= 4 is 0 Å². The summed E-state index contributed by atoms with van der Waals surface area (Å²) in [6.45, 7) is 6.67. The van der Waals surface area contributed by atoms with Crippen LogP contribution in [0.4, 0.5) is 0 Å². The molecule has 132 valence electrons. The number of unbranched alkanes of at least 4 members (excludes halogenated alkanes) is 6. The van der Waals surface area contributed by atoms with E-state index in [4.69, 9.17) is 0 Å². The molecule has 1 aliphatic carbocycles. The second kappa shape index (κ2) is 13.3. The molecule has 0 aromatic carbocycles. The molecule has 0 bridgehead atoms. The molecule has 0 spiro atoms. The molecule has 1 fully saturated rings. The van der Waals surface area contributed by atoms with E-state index < -0.39 is 0 Å². The van der Waals surface area contributed by atoms with Gasteiger partial charge >= 0.3 is 0 Å². The molecular formula is C19H40N2O. The van der Waals surface area contributed by atoms with Crippen LogP contribution in [0.1, 0.15) is 90.9 Å². The Hall–Kier alpha value is -0.120. The average Bonchev–Trinajstić information content (AvgIpc) is 2.48. The molecule has 1 saturated carbocycles. The zero-order valence-corrected chi connectivity index (χ0v) is 15.1. The van der Waals surface area contributed by atoms with Crippen LogP contribution in [0.5, 0.6) is 0 Å². The lowest BCUT2D eigenvalue weighted by Gasteiger charge is -2.32. The van der Waals surface area contributed by atoms with Gasteiger partial charge in [0, 0.05) is 25.2 Å². The molecule has 0 heterocycles. The van der Waals surface area contributed by atoms with Gasteiger partial charge in [-0.05, 0) is 25.7 Å². The molecule has 3 nitrogen and oxygen atoms in total. The Bertz CT molecular complexity index is 242. The van der Waals surface area contributed by atoms with Crippen LogP contribution in [0, 0.1) is 0 Å². The maximum absolute atomic E-state index is 9.29. The standard InChI is InChI=1S/C19H40N2O/c1-3-5-7-8-10-12-17(11-9-6-4-2)20-13-14-21-18-15-19(22)16-18/h17-22H,3-16H2,1-2H3. The molecule has 0 saturated heterocycles. The molecule has 1 atom stereocenters. The summed E-state index contributed by atoms with van der Waals surface area (Å²) in [4.78, 5) is 0. The van der Waals surface area contributed by atoms with Crippen molar-refractivity contribution in [2.24, 2.45) is 0 Å². The molecule has 1 unspecified atom stereocenters. The molecule has 1 aliphatic rings. The highest BCUT2D eigenvalue weighted by molar-refractivity contribution is 4.84. The van der Waals surface area contributed by atoms with E-state index in [1.54, 1.807) is 0 Å². The molecule has 1 rings (SSSR count). The van der Waals surface area contributed by atoms with Gasteiger partial charge in [0.2, 0.25) is 0 Å². The van der Waals surface area contributed by atoms with Crippen molar-refractivity contribution in [3.8, 4) is 0 Å². The van der Waals surface area contributed by atoms with Crippen LogP contribution in [-0.4, -0.2) is 36.4 Å². The van der Waals surface area contributed by atoms with Crippen molar-refractivity contribution in [3.63, 3.8) is 0 Å². The Kier molecular flexibility index (Phi) is 12.1. The second-order valence-corrected chi connectivity index (χ2v) is 7.13. The quantitative estimate of drug-likeness (QED) is 0.401. The molecule has 3 heteroatoms. The first-order chi connectivity index (χ1) is 10.8. The lowest BCUT2D eigenvalue weighted by atomic mass is 9.89. The van der Waals surface area contributed by atoms with E-state index in [9.17, 15) is 5.11 Å². The number of nitrogens with one attached hydrogen (secondary N) is 2. The van der Waals surface area contributed by atoms with E-state index in [-0.39, 0.29) is 6.10 Å². The average molecular weight is 313 g/mol. The van der Waals surface area contributed by atoms with Crippen molar-refractivity contribution in [3.05, 3.63) is 0 Å². The normalized spacial score (nSPS) is 22.5. The maximum atomic E-state index is 9.29. The van der Waals surface area contributed by atoms with Crippen LogP contribution in [0.15, 0.2) is 0 Å². The predicted octanol–water partition coefficient (Wildman–Crippen LogP) is 4.00. The third kappa shape index (κ3) is 9.81. The van der Waals surface area contributed by atoms with Crippen LogP contribution in [0.25, 0.3) is 0 Å². The Labute approximate surface area is 138 Å². The lowest BCUT2D eigenvalue weighted by Crippen LogP contribution is -2.46. The first kappa shape index (κ1) is 19.9. The molecule has 0 radical (unpaired) electrons. The molecule has 0 aromatic heterocycles. The van der Waals surface area contributed by atoms with Crippen molar-refractivity contribution in [2.75, 3.05) is 13.1 Å². The molecule has 3 N–H and O–H groups in total. The highest BCUT2D eigenvalue weighted by atomic mass is 16.3. The van der Waals surface area contributed by atoms with E-state index in [2.05, 4.69) is 24.5 Å². The van der Waals surface area contributed by atoms with Crippen LogP contribution in [-0.2, 0) is 0 Å². The van der Waals surface area contributed by atoms with Gasteiger partial charge in [0.1, 0.15) is 0 Å². The lowest BCUT2D eigenvalue weighted by molar-refractivity contribution is 0.0628. The van der Waals surface area contributed by atoms with E-state index >= 15 is 0 Å². The van der Waals surface area contributed by atoms with Crippen LogP contribution in [0.3, 0.4) is 0 Å². The summed E-state index contributed by atoms with van der Waals surface area (Å²) in [5.74, 6) is 0. The van der Waals surface area contributed by atoms with Crippen molar-refractivity contribution in [1.82, 2.24) is 10.6 Å². The van der Waals surface area contributed by atoms with Crippen molar-refractivity contribution in [2.45, 2.75) is 109 Å². The summed E-state index contributed by atoms with van der Waals surface area (Å²) < 4.78 is 0. The minimum Gasteiger partial charge on any atom is -0.393 e. The van der Waals surface area contributed by atoms with Gasteiger partial charge in [-0.3, -0.25) is 0 Å². The number of rotatable bonds is 15. The van der Waals surface area contributed by atoms with E-state index in [0.29, 0.717) is 12.1 Å². The Morgan fingerprint density at radius 2 is 1.45 bits per heavy atom. The first-order valence-corrected chi connectivity index (χ1v) is 9.91. The van der Waals surface area contributed by atoms with Gasteiger partial charge in [0.25, 0.3) is 0 Å². The molecule has 0 amide bonds. The van der Waals surface area contributed by atoms with Gasteiger partial charge in [-0.2, -0.15) is 0 Å². The highest BCUT2D eigenvalue weighted by Gasteiger charge is 2.26. The summed E-state index contributed by atoms with van der Waals surface area (Å²) in [5.41, 5.74) is 0. The SMILES string of the molecule is CCCCCCCC(CCCCC)NCCNC1CC(O)C1. The van der Waals surface area contributed by atoms with Gasteiger partial charge < -0.3 is 15.7 Å². The zero-order chi connectivity index (χ0) is 16.0. The summed E-state index contributed by atoms with van der Waals surface area (Å²) >= 11 is 0. The fourth-order valence-electron chi connectivity index (χ4n) is 3.29. The van der Waals surface area contributed by atoms with Crippen LogP contribution in [0.2, 0.25) is 0 Å². The van der Waals surface area contributed by atoms with Crippen molar-refractivity contribution < 1.29 is 5.11 Å². The monoisotopic (exact) mass is 312 g/mol. The van der Waals surface area contributed by atoms with Gasteiger partial charge in [0.05, 0.1) is 6.10 Å². The summed E-state index contributed by atoms with van der Waals surface area (Å²) in [6.07, 6.45) is 15.5. The molecular weight excluding hydrogens is 272 g/mol. The molecule has 0 aromatic rings. The fourth-order valence-corrected chi connectivity index (χ4v) is 3.29. The Morgan fingerprint density at radius 3 is 2.09 bits per heavy atom. The largest absolute Gasteiger partial charge is 0.393 e. The summed E-state index contributed by atoms with van der Waals surface area (Å²) in [5, 5.41) is 16.6. The maximum Gasteiger partial charge on any atom is 0.0570 e. The number of hydrogen-bond donors (Lipinski definition) is 3. The first-order valence-electron chi connectivity index (χ1n) is 9.91. The molecule has 22 heavy (non-hydrogen) atoms. The number of hydrogen-bond acceptors (Lipinski definition) is 3. The van der Waals surface area contributed by atoms with Crippen LogP contribution < -0.4 is 10.6 Å².